The Morgan fingerprint density at radius 3 is 2.14 bits per heavy atom. The molecule has 4 rings (SSSR count). The van der Waals surface area contributed by atoms with Crippen LogP contribution in [0.25, 0.3) is 11.1 Å². The fraction of sp³-hybridized carbons (Fsp3) is 0.0909. The highest BCUT2D eigenvalue weighted by Crippen LogP contribution is 2.44. The van der Waals surface area contributed by atoms with Crippen molar-refractivity contribution in [1.82, 2.24) is 0 Å². The molecule has 3 aromatic carbocycles. The SMILES string of the molecule is O=C(Nc1cc(F)cc(C(=O)O)c1F)OCC1c2ccccc2-c2ccccc21. The zero-order valence-electron chi connectivity index (χ0n) is 15.0. The summed E-state index contributed by atoms with van der Waals surface area (Å²) in [5, 5.41) is 11.0. The molecule has 0 heterocycles. The lowest BCUT2D eigenvalue weighted by molar-refractivity contribution is 0.0691. The fourth-order valence-corrected chi connectivity index (χ4v) is 3.58. The molecule has 0 saturated heterocycles. The first-order valence-corrected chi connectivity index (χ1v) is 8.80. The van der Waals surface area contributed by atoms with Crippen LogP contribution in [0.3, 0.4) is 0 Å². The van der Waals surface area contributed by atoms with Crippen molar-refractivity contribution in [3.05, 3.63) is 89.0 Å². The van der Waals surface area contributed by atoms with E-state index in [4.69, 9.17) is 9.84 Å². The molecule has 0 bridgehead atoms. The molecule has 146 valence electrons. The first-order valence-electron chi connectivity index (χ1n) is 8.80. The zero-order valence-corrected chi connectivity index (χ0v) is 15.0. The number of carboxylic acid groups (broad SMARTS) is 1. The van der Waals surface area contributed by atoms with Crippen LogP contribution in [-0.2, 0) is 4.74 Å². The molecule has 0 aliphatic heterocycles. The number of carbonyl (C=O) groups excluding carboxylic acids is 1. The Morgan fingerprint density at radius 2 is 1.55 bits per heavy atom. The number of halogens is 2. The van der Waals surface area contributed by atoms with Crippen LogP contribution in [-0.4, -0.2) is 23.8 Å². The Kier molecular flexibility index (Phi) is 4.72. The van der Waals surface area contributed by atoms with E-state index in [-0.39, 0.29) is 12.5 Å². The Morgan fingerprint density at radius 1 is 0.966 bits per heavy atom. The highest BCUT2D eigenvalue weighted by Gasteiger charge is 2.29. The summed E-state index contributed by atoms with van der Waals surface area (Å²) in [6.45, 7) is -0.0113. The van der Waals surface area contributed by atoms with Gasteiger partial charge in [-0.2, -0.15) is 0 Å². The predicted octanol–water partition coefficient (Wildman–Crippen LogP) is 5.02. The number of carboxylic acids is 1. The van der Waals surface area contributed by atoms with Gasteiger partial charge < -0.3 is 9.84 Å². The monoisotopic (exact) mass is 395 g/mol. The molecule has 0 atom stereocenters. The van der Waals surface area contributed by atoms with Gasteiger partial charge in [0.15, 0.2) is 5.82 Å². The van der Waals surface area contributed by atoms with E-state index in [0.717, 1.165) is 22.3 Å². The third kappa shape index (κ3) is 3.42. The number of amides is 1. The minimum absolute atomic E-state index is 0.0113. The molecular formula is C22H15F2NO4. The smallest absolute Gasteiger partial charge is 0.411 e. The van der Waals surface area contributed by atoms with Gasteiger partial charge in [-0.3, -0.25) is 5.32 Å². The molecule has 0 aromatic heterocycles. The number of carbonyl (C=O) groups is 2. The highest BCUT2D eigenvalue weighted by molar-refractivity contribution is 5.92. The summed E-state index contributed by atoms with van der Waals surface area (Å²) in [5.41, 5.74) is 2.65. The van der Waals surface area contributed by atoms with E-state index in [1.807, 2.05) is 48.5 Å². The number of fused-ring (bicyclic) bond motifs is 3. The number of anilines is 1. The third-order valence-corrected chi connectivity index (χ3v) is 4.85. The predicted molar refractivity (Wildman–Crippen MR) is 102 cm³/mol. The Balaban J connectivity index is 1.52. The molecule has 3 aromatic rings. The molecule has 0 unspecified atom stereocenters. The number of benzene rings is 3. The summed E-state index contributed by atoms with van der Waals surface area (Å²) < 4.78 is 33.0. The summed E-state index contributed by atoms with van der Waals surface area (Å²) in [5.74, 6) is -4.07. The van der Waals surface area contributed by atoms with Gasteiger partial charge in [0.05, 0.1) is 5.69 Å². The van der Waals surface area contributed by atoms with E-state index in [1.165, 1.54) is 0 Å². The largest absolute Gasteiger partial charge is 0.478 e. The van der Waals surface area contributed by atoms with E-state index in [0.29, 0.717) is 12.1 Å². The Labute approximate surface area is 164 Å². The second-order valence-corrected chi connectivity index (χ2v) is 6.57. The van der Waals surface area contributed by atoms with Crippen molar-refractivity contribution in [3.63, 3.8) is 0 Å². The van der Waals surface area contributed by atoms with Crippen LogP contribution in [0.1, 0.15) is 27.4 Å². The number of ether oxygens (including phenoxy) is 1. The van der Waals surface area contributed by atoms with Gasteiger partial charge in [0.2, 0.25) is 0 Å². The maximum absolute atomic E-state index is 14.2. The maximum atomic E-state index is 14.2. The van der Waals surface area contributed by atoms with Crippen molar-refractivity contribution in [2.45, 2.75) is 5.92 Å². The lowest BCUT2D eigenvalue weighted by atomic mass is 9.98. The van der Waals surface area contributed by atoms with Gasteiger partial charge in [-0.1, -0.05) is 48.5 Å². The number of hydrogen-bond acceptors (Lipinski definition) is 3. The highest BCUT2D eigenvalue weighted by atomic mass is 19.1. The van der Waals surface area contributed by atoms with Crippen LogP contribution in [0.5, 0.6) is 0 Å². The molecule has 0 radical (unpaired) electrons. The molecule has 7 heteroatoms. The molecular weight excluding hydrogens is 380 g/mol. The van der Waals surface area contributed by atoms with Crippen molar-refractivity contribution < 1.29 is 28.2 Å². The fourth-order valence-electron chi connectivity index (χ4n) is 3.58. The molecule has 0 spiro atoms. The quantitative estimate of drug-likeness (QED) is 0.650. The lowest BCUT2D eigenvalue weighted by Crippen LogP contribution is -2.19. The second kappa shape index (κ2) is 7.35. The molecule has 2 N–H and O–H groups in total. The molecule has 1 aliphatic rings. The number of nitrogens with one attached hydrogen (secondary N) is 1. The normalized spacial score (nSPS) is 12.2. The van der Waals surface area contributed by atoms with Crippen molar-refractivity contribution in [3.8, 4) is 11.1 Å². The van der Waals surface area contributed by atoms with E-state index in [2.05, 4.69) is 5.32 Å². The van der Waals surface area contributed by atoms with Crippen LogP contribution in [0.4, 0.5) is 19.3 Å². The van der Waals surface area contributed by atoms with Gasteiger partial charge in [-0.15, -0.1) is 0 Å². The minimum Gasteiger partial charge on any atom is -0.478 e. The van der Waals surface area contributed by atoms with E-state index >= 15 is 0 Å². The van der Waals surface area contributed by atoms with Gasteiger partial charge in [0.1, 0.15) is 18.0 Å². The van der Waals surface area contributed by atoms with Crippen molar-refractivity contribution >= 4 is 17.7 Å². The van der Waals surface area contributed by atoms with Crippen LogP contribution in [0.2, 0.25) is 0 Å². The van der Waals surface area contributed by atoms with Gasteiger partial charge in [0, 0.05) is 12.0 Å². The van der Waals surface area contributed by atoms with Gasteiger partial charge in [-0.25, -0.2) is 18.4 Å². The van der Waals surface area contributed by atoms with Crippen LogP contribution in [0, 0.1) is 11.6 Å². The Bertz CT molecular complexity index is 1080. The topological polar surface area (TPSA) is 75.6 Å². The molecule has 29 heavy (non-hydrogen) atoms. The Hall–Kier alpha value is -3.74. The second-order valence-electron chi connectivity index (χ2n) is 6.57. The molecule has 0 fully saturated rings. The molecule has 1 aliphatic carbocycles. The summed E-state index contributed by atoms with van der Waals surface area (Å²) in [6, 6.07) is 16.8. The number of hydrogen-bond donors (Lipinski definition) is 2. The minimum atomic E-state index is -1.64. The van der Waals surface area contributed by atoms with E-state index < -0.39 is 34.9 Å². The number of rotatable bonds is 4. The molecule has 5 nitrogen and oxygen atoms in total. The van der Waals surface area contributed by atoms with Gasteiger partial charge >= 0.3 is 12.1 Å². The summed E-state index contributed by atoms with van der Waals surface area (Å²) in [7, 11) is 0. The average Bonchev–Trinajstić information content (AvgIpc) is 3.02. The van der Waals surface area contributed by atoms with Crippen LogP contribution >= 0.6 is 0 Å². The summed E-state index contributed by atoms with van der Waals surface area (Å²) in [6.07, 6.45) is -1.01. The first-order chi connectivity index (χ1) is 14.0. The van der Waals surface area contributed by atoms with Crippen molar-refractivity contribution in [2.75, 3.05) is 11.9 Å². The van der Waals surface area contributed by atoms with Crippen LogP contribution < -0.4 is 5.32 Å². The first kappa shape index (κ1) is 18.6. The summed E-state index contributed by atoms with van der Waals surface area (Å²) in [4.78, 5) is 23.2. The zero-order chi connectivity index (χ0) is 20.5. The lowest BCUT2D eigenvalue weighted by Gasteiger charge is -2.15. The third-order valence-electron chi connectivity index (χ3n) is 4.85. The van der Waals surface area contributed by atoms with Crippen molar-refractivity contribution in [1.29, 1.82) is 0 Å². The summed E-state index contributed by atoms with van der Waals surface area (Å²) >= 11 is 0. The number of aromatic carboxylic acids is 1. The average molecular weight is 395 g/mol. The van der Waals surface area contributed by atoms with E-state index in [9.17, 15) is 18.4 Å². The molecule has 1 amide bonds. The standard InChI is InChI=1S/C22H15F2NO4/c23-12-9-17(21(26)27)20(24)19(10-12)25-22(28)29-11-18-15-7-3-1-5-13(15)14-6-2-4-8-16(14)18/h1-10,18H,11H2,(H,25,28)(H,26,27). The van der Waals surface area contributed by atoms with Crippen LogP contribution in [0.15, 0.2) is 60.7 Å². The van der Waals surface area contributed by atoms with Crippen molar-refractivity contribution in [2.24, 2.45) is 0 Å². The van der Waals surface area contributed by atoms with Gasteiger partial charge in [0.25, 0.3) is 0 Å². The van der Waals surface area contributed by atoms with Gasteiger partial charge in [-0.05, 0) is 28.3 Å². The maximum Gasteiger partial charge on any atom is 0.411 e. The molecule has 0 saturated carbocycles. The van der Waals surface area contributed by atoms with E-state index in [1.54, 1.807) is 0 Å².